The fourth-order valence-corrected chi connectivity index (χ4v) is 2.71. The number of amides is 1. The lowest BCUT2D eigenvalue weighted by Gasteiger charge is -2.08. The van der Waals surface area contributed by atoms with Crippen LogP contribution < -0.4 is 10.0 Å². The third kappa shape index (κ3) is 3.89. The molecule has 1 aromatic heterocycles. The van der Waals surface area contributed by atoms with E-state index in [1.165, 1.54) is 30.5 Å². The first-order chi connectivity index (χ1) is 10.0. The molecular formula is C13H13FN2O4S. The van der Waals surface area contributed by atoms with Crippen LogP contribution in [0.2, 0.25) is 0 Å². The molecule has 0 atom stereocenters. The average Bonchev–Trinajstić information content (AvgIpc) is 2.98. The van der Waals surface area contributed by atoms with Crippen molar-refractivity contribution in [1.29, 1.82) is 0 Å². The molecule has 0 spiro atoms. The summed E-state index contributed by atoms with van der Waals surface area (Å²) >= 11 is 0. The smallest absolute Gasteiger partial charge is 0.287 e. The Bertz CT molecular complexity index is 714. The first kappa shape index (κ1) is 15.2. The minimum atomic E-state index is -3.94. The molecule has 0 aliphatic carbocycles. The molecule has 112 valence electrons. The molecule has 1 amide bonds. The van der Waals surface area contributed by atoms with E-state index < -0.39 is 26.6 Å². The van der Waals surface area contributed by atoms with E-state index in [4.69, 9.17) is 4.42 Å². The Morgan fingerprint density at radius 3 is 2.57 bits per heavy atom. The Kier molecular flexibility index (Phi) is 4.71. The van der Waals surface area contributed by atoms with E-state index in [9.17, 15) is 17.6 Å². The number of nitrogens with one attached hydrogen (secondary N) is 2. The molecule has 2 N–H and O–H groups in total. The van der Waals surface area contributed by atoms with Gasteiger partial charge >= 0.3 is 0 Å². The highest BCUT2D eigenvalue weighted by atomic mass is 32.2. The Balaban J connectivity index is 1.86. The van der Waals surface area contributed by atoms with E-state index in [-0.39, 0.29) is 18.8 Å². The van der Waals surface area contributed by atoms with Crippen molar-refractivity contribution in [3.63, 3.8) is 0 Å². The fraction of sp³-hybridized carbons (Fsp3) is 0.154. The summed E-state index contributed by atoms with van der Waals surface area (Å²) in [4.78, 5) is 11.1. The number of benzene rings is 1. The number of carbonyl (C=O) groups is 1. The maximum Gasteiger partial charge on any atom is 0.287 e. The number of rotatable bonds is 6. The van der Waals surface area contributed by atoms with Gasteiger partial charge in [0, 0.05) is 13.1 Å². The van der Waals surface area contributed by atoms with Crippen LogP contribution in [0.15, 0.2) is 52.0 Å². The minimum Gasteiger partial charge on any atom is -0.459 e. The summed E-state index contributed by atoms with van der Waals surface area (Å²) in [7, 11) is -3.94. The zero-order valence-electron chi connectivity index (χ0n) is 10.9. The SMILES string of the molecule is O=C(NCCNS(=O)(=O)c1ccccc1F)c1ccco1. The van der Waals surface area contributed by atoms with Crippen LogP contribution in [0.5, 0.6) is 0 Å². The third-order valence-corrected chi connectivity index (χ3v) is 4.07. The Hall–Kier alpha value is -2.19. The largest absolute Gasteiger partial charge is 0.459 e. The lowest BCUT2D eigenvalue weighted by Crippen LogP contribution is -2.34. The maximum atomic E-state index is 13.4. The lowest BCUT2D eigenvalue weighted by atomic mass is 10.4. The van der Waals surface area contributed by atoms with Crippen LogP contribution in [-0.4, -0.2) is 27.4 Å². The number of hydrogen-bond acceptors (Lipinski definition) is 4. The van der Waals surface area contributed by atoms with Crippen molar-refractivity contribution in [3.05, 3.63) is 54.2 Å². The van der Waals surface area contributed by atoms with Gasteiger partial charge in [0.25, 0.3) is 5.91 Å². The van der Waals surface area contributed by atoms with Crippen molar-refractivity contribution in [2.24, 2.45) is 0 Å². The van der Waals surface area contributed by atoms with Gasteiger partial charge in [-0.15, -0.1) is 0 Å². The molecule has 0 saturated carbocycles. The second kappa shape index (κ2) is 6.51. The van der Waals surface area contributed by atoms with Gasteiger partial charge in [-0.05, 0) is 24.3 Å². The van der Waals surface area contributed by atoms with E-state index in [1.54, 1.807) is 6.07 Å². The Morgan fingerprint density at radius 2 is 1.90 bits per heavy atom. The molecule has 0 aliphatic heterocycles. The monoisotopic (exact) mass is 312 g/mol. The average molecular weight is 312 g/mol. The van der Waals surface area contributed by atoms with E-state index in [0.717, 1.165) is 6.07 Å². The van der Waals surface area contributed by atoms with E-state index in [2.05, 4.69) is 10.0 Å². The highest BCUT2D eigenvalue weighted by molar-refractivity contribution is 7.89. The van der Waals surface area contributed by atoms with Crippen LogP contribution in [-0.2, 0) is 10.0 Å². The van der Waals surface area contributed by atoms with Crippen LogP contribution in [0, 0.1) is 5.82 Å². The van der Waals surface area contributed by atoms with Gasteiger partial charge in [0.15, 0.2) is 5.76 Å². The molecule has 1 heterocycles. The van der Waals surface area contributed by atoms with Gasteiger partial charge in [0.1, 0.15) is 10.7 Å². The Labute approximate surface area is 121 Å². The van der Waals surface area contributed by atoms with Crippen molar-refractivity contribution in [3.8, 4) is 0 Å². The maximum absolute atomic E-state index is 13.4. The van der Waals surface area contributed by atoms with Gasteiger partial charge < -0.3 is 9.73 Å². The number of halogens is 1. The molecule has 2 aromatic rings. The van der Waals surface area contributed by atoms with Gasteiger partial charge in [-0.1, -0.05) is 12.1 Å². The zero-order chi connectivity index (χ0) is 15.3. The molecule has 1 aromatic carbocycles. The molecule has 0 aliphatic rings. The van der Waals surface area contributed by atoms with E-state index in [1.807, 2.05) is 0 Å². The van der Waals surface area contributed by atoms with Gasteiger partial charge in [-0.2, -0.15) is 0 Å². The molecular weight excluding hydrogens is 299 g/mol. The first-order valence-corrected chi connectivity index (χ1v) is 7.55. The number of hydrogen-bond donors (Lipinski definition) is 2. The zero-order valence-corrected chi connectivity index (χ0v) is 11.7. The van der Waals surface area contributed by atoms with Crippen molar-refractivity contribution in [1.82, 2.24) is 10.0 Å². The number of carbonyl (C=O) groups excluding carboxylic acids is 1. The van der Waals surface area contributed by atoms with Crippen molar-refractivity contribution in [2.45, 2.75) is 4.90 Å². The molecule has 6 nitrogen and oxygen atoms in total. The molecule has 0 bridgehead atoms. The first-order valence-electron chi connectivity index (χ1n) is 6.06. The van der Waals surface area contributed by atoms with Gasteiger partial charge in [0.05, 0.1) is 6.26 Å². The van der Waals surface area contributed by atoms with Gasteiger partial charge in [0.2, 0.25) is 10.0 Å². The molecule has 0 radical (unpaired) electrons. The van der Waals surface area contributed by atoms with Crippen LogP contribution in [0.4, 0.5) is 4.39 Å². The van der Waals surface area contributed by atoms with Crippen molar-refractivity contribution < 1.29 is 22.0 Å². The molecule has 0 saturated heterocycles. The molecule has 21 heavy (non-hydrogen) atoms. The summed E-state index contributed by atoms with van der Waals surface area (Å²) < 4.78 is 44.2. The van der Waals surface area contributed by atoms with Crippen LogP contribution in [0.1, 0.15) is 10.6 Å². The summed E-state index contributed by atoms with van der Waals surface area (Å²) in [6.07, 6.45) is 1.36. The second-order valence-corrected chi connectivity index (χ2v) is 5.80. The molecule has 0 fully saturated rings. The minimum absolute atomic E-state index is 0.0488. The normalized spacial score (nSPS) is 11.3. The predicted octanol–water partition coefficient (Wildman–Crippen LogP) is 1.13. The summed E-state index contributed by atoms with van der Waals surface area (Å²) in [6, 6.07) is 8.11. The molecule has 8 heteroatoms. The van der Waals surface area contributed by atoms with Crippen molar-refractivity contribution in [2.75, 3.05) is 13.1 Å². The summed E-state index contributed by atoms with van der Waals surface area (Å²) in [6.45, 7) is -0.0175. The summed E-state index contributed by atoms with van der Waals surface area (Å²) in [5.74, 6) is -1.15. The van der Waals surface area contributed by atoms with E-state index in [0.29, 0.717) is 0 Å². The third-order valence-electron chi connectivity index (χ3n) is 2.57. The number of sulfonamides is 1. The van der Waals surface area contributed by atoms with Crippen LogP contribution in [0.3, 0.4) is 0 Å². The predicted molar refractivity (Wildman–Crippen MR) is 72.6 cm³/mol. The van der Waals surface area contributed by atoms with Crippen LogP contribution >= 0.6 is 0 Å². The quantitative estimate of drug-likeness (QED) is 0.783. The summed E-state index contributed by atoms with van der Waals surface area (Å²) in [5, 5.41) is 2.47. The van der Waals surface area contributed by atoms with Gasteiger partial charge in [-0.3, -0.25) is 4.79 Å². The topological polar surface area (TPSA) is 88.4 Å². The number of furan rings is 1. The van der Waals surface area contributed by atoms with E-state index >= 15 is 0 Å². The highest BCUT2D eigenvalue weighted by Gasteiger charge is 2.17. The molecule has 0 unspecified atom stereocenters. The lowest BCUT2D eigenvalue weighted by molar-refractivity contribution is 0.0926. The highest BCUT2D eigenvalue weighted by Crippen LogP contribution is 2.12. The standard InChI is InChI=1S/C13H13FN2O4S/c14-10-4-1-2-6-12(10)21(18,19)16-8-7-15-13(17)11-5-3-9-20-11/h1-6,9,16H,7-8H2,(H,15,17). The molecule has 2 rings (SSSR count). The van der Waals surface area contributed by atoms with Crippen LogP contribution in [0.25, 0.3) is 0 Å². The summed E-state index contributed by atoms with van der Waals surface area (Å²) in [5.41, 5.74) is 0. The van der Waals surface area contributed by atoms with Crippen molar-refractivity contribution >= 4 is 15.9 Å². The second-order valence-electron chi connectivity index (χ2n) is 4.06. The Morgan fingerprint density at radius 1 is 1.14 bits per heavy atom. The van der Waals surface area contributed by atoms with Gasteiger partial charge in [-0.25, -0.2) is 17.5 Å². The fourth-order valence-electron chi connectivity index (χ4n) is 1.60.